The molecule has 0 spiro atoms. The van der Waals surface area contributed by atoms with Gasteiger partial charge in [-0.25, -0.2) is 5.43 Å². The van der Waals surface area contributed by atoms with Gasteiger partial charge in [0.25, 0.3) is 0 Å². The second-order valence-electron chi connectivity index (χ2n) is 4.58. The molecule has 0 aliphatic rings. The van der Waals surface area contributed by atoms with E-state index >= 15 is 0 Å². The van der Waals surface area contributed by atoms with Gasteiger partial charge in [-0.2, -0.15) is 5.10 Å². The highest BCUT2D eigenvalue weighted by atomic mass is 79.9. The molecule has 0 saturated carbocycles. The monoisotopic (exact) mass is 393 g/mol. The first-order valence-corrected chi connectivity index (χ1v) is 7.83. The van der Waals surface area contributed by atoms with Crippen molar-refractivity contribution in [2.75, 3.05) is 5.32 Å². The minimum atomic E-state index is -0.504. The molecule has 5 nitrogen and oxygen atoms in total. The molecule has 2 aromatic carbocycles. The maximum absolute atomic E-state index is 11.7. The van der Waals surface area contributed by atoms with Crippen LogP contribution in [0.5, 0.6) is 0 Å². The Morgan fingerprint density at radius 1 is 1.13 bits per heavy atom. The van der Waals surface area contributed by atoms with E-state index in [1.54, 1.807) is 24.3 Å². The van der Waals surface area contributed by atoms with Crippen molar-refractivity contribution in [3.63, 3.8) is 0 Å². The zero-order valence-electron chi connectivity index (χ0n) is 11.9. The van der Waals surface area contributed by atoms with Crippen LogP contribution in [0.25, 0.3) is 0 Å². The second-order valence-corrected chi connectivity index (χ2v) is 5.94. The number of carbonyl (C=O) groups excluding carboxylic acids is 2. The van der Waals surface area contributed by atoms with Gasteiger partial charge in [-0.05, 0) is 35.9 Å². The summed E-state index contributed by atoms with van der Waals surface area (Å²) < 4.78 is 0.911. The Hall–Kier alpha value is -2.18. The van der Waals surface area contributed by atoms with E-state index in [2.05, 4.69) is 31.8 Å². The number of amides is 2. The van der Waals surface area contributed by atoms with Crippen molar-refractivity contribution < 1.29 is 9.59 Å². The molecular weight excluding hydrogens is 382 g/mol. The summed E-state index contributed by atoms with van der Waals surface area (Å²) in [5.41, 5.74) is 3.66. The first-order valence-electron chi connectivity index (χ1n) is 6.66. The fourth-order valence-corrected chi connectivity index (χ4v) is 2.33. The zero-order chi connectivity index (χ0) is 16.7. The Morgan fingerprint density at radius 2 is 1.91 bits per heavy atom. The predicted octanol–water partition coefficient (Wildman–Crippen LogP) is 3.58. The molecule has 2 rings (SSSR count). The van der Waals surface area contributed by atoms with Gasteiger partial charge in [0.1, 0.15) is 6.42 Å². The van der Waals surface area contributed by atoms with Gasteiger partial charge in [0.2, 0.25) is 11.8 Å². The van der Waals surface area contributed by atoms with Crippen LogP contribution in [-0.2, 0) is 9.59 Å². The Kier molecular flexibility index (Phi) is 6.31. The van der Waals surface area contributed by atoms with Crippen LogP contribution in [0.3, 0.4) is 0 Å². The Morgan fingerprint density at radius 3 is 2.65 bits per heavy atom. The summed E-state index contributed by atoms with van der Waals surface area (Å²) in [5, 5.41) is 6.90. The van der Waals surface area contributed by atoms with Crippen LogP contribution < -0.4 is 10.7 Å². The summed E-state index contributed by atoms with van der Waals surface area (Å²) in [6.45, 7) is 0. The van der Waals surface area contributed by atoms with Gasteiger partial charge in [0.05, 0.1) is 6.21 Å². The summed E-state index contributed by atoms with van der Waals surface area (Å²) >= 11 is 9.16. The Balaban J connectivity index is 1.81. The fourth-order valence-electron chi connectivity index (χ4n) is 1.72. The van der Waals surface area contributed by atoms with Gasteiger partial charge in [0, 0.05) is 15.2 Å². The highest BCUT2D eigenvalue weighted by Crippen LogP contribution is 2.15. The SMILES string of the molecule is O=C(CC(=O)Nc1cccc(Cl)c1)N/N=C\c1cccc(Br)c1. The van der Waals surface area contributed by atoms with Gasteiger partial charge >= 0.3 is 0 Å². The van der Waals surface area contributed by atoms with Gasteiger partial charge in [-0.15, -0.1) is 0 Å². The smallest absolute Gasteiger partial charge is 0.249 e. The zero-order valence-corrected chi connectivity index (χ0v) is 14.3. The predicted molar refractivity (Wildman–Crippen MR) is 94.6 cm³/mol. The molecule has 2 N–H and O–H groups in total. The summed E-state index contributed by atoms with van der Waals surface area (Å²) in [6.07, 6.45) is 1.17. The molecule has 0 radical (unpaired) electrons. The number of nitrogens with zero attached hydrogens (tertiary/aromatic N) is 1. The normalized spacial score (nSPS) is 10.5. The first kappa shape index (κ1) is 17.2. The van der Waals surface area contributed by atoms with E-state index in [4.69, 9.17) is 11.6 Å². The minimum absolute atomic E-state index is 0.331. The molecule has 0 fully saturated rings. The van der Waals surface area contributed by atoms with Crippen molar-refractivity contribution in [1.82, 2.24) is 5.43 Å². The topological polar surface area (TPSA) is 70.6 Å². The minimum Gasteiger partial charge on any atom is -0.326 e. The van der Waals surface area contributed by atoms with Crippen LogP contribution in [0.15, 0.2) is 58.1 Å². The third kappa shape index (κ3) is 6.22. The van der Waals surface area contributed by atoms with Gasteiger partial charge in [-0.3, -0.25) is 9.59 Å². The molecule has 0 atom stereocenters. The number of carbonyl (C=O) groups is 2. The summed E-state index contributed by atoms with van der Waals surface area (Å²) in [6, 6.07) is 14.1. The lowest BCUT2D eigenvalue weighted by atomic mass is 10.2. The van der Waals surface area contributed by atoms with Crippen LogP contribution in [0.4, 0.5) is 5.69 Å². The Labute approximate surface area is 146 Å². The highest BCUT2D eigenvalue weighted by molar-refractivity contribution is 9.10. The third-order valence-corrected chi connectivity index (χ3v) is 3.41. The van der Waals surface area contributed by atoms with E-state index in [0.29, 0.717) is 10.7 Å². The second kappa shape index (κ2) is 8.45. The number of hydrogen-bond acceptors (Lipinski definition) is 3. The van der Waals surface area contributed by atoms with Crippen molar-refractivity contribution in [3.8, 4) is 0 Å². The molecule has 0 heterocycles. The van der Waals surface area contributed by atoms with Gasteiger partial charge in [-0.1, -0.05) is 45.7 Å². The average molecular weight is 395 g/mol. The van der Waals surface area contributed by atoms with E-state index in [1.807, 2.05) is 24.3 Å². The number of nitrogens with one attached hydrogen (secondary N) is 2. The molecule has 2 amide bonds. The van der Waals surface area contributed by atoms with Crippen molar-refractivity contribution in [3.05, 3.63) is 63.6 Å². The Bertz CT molecular complexity index is 750. The van der Waals surface area contributed by atoms with Crippen LogP contribution in [0, 0.1) is 0 Å². The van der Waals surface area contributed by atoms with E-state index < -0.39 is 11.8 Å². The standard InChI is InChI=1S/C16H13BrClN3O2/c17-12-4-1-3-11(7-12)10-19-21-16(23)9-15(22)20-14-6-2-5-13(18)8-14/h1-8,10H,9H2,(H,20,22)(H,21,23)/b19-10-. The quantitative estimate of drug-likeness (QED) is 0.462. The molecule has 0 aliphatic carbocycles. The number of halogens is 2. The maximum atomic E-state index is 11.7. The van der Waals surface area contributed by atoms with Crippen LogP contribution in [0.2, 0.25) is 5.02 Å². The fraction of sp³-hybridized carbons (Fsp3) is 0.0625. The van der Waals surface area contributed by atoms with Crippen LogP contribution >= 0.6 is 27.5 Å². The number of hydrazone groups is 1. The van der Waals surface area contributed by atoms with E-state index in [-0.39, 0.29) is 6.42 Å². The number of rotatable bonds is 5. The third-order valence-electron chi connectivity index (χ3n) is 2.68. The van der Waals surface area contributed by atoms with Crippen molar-refractivity contribution >= 4 is 51.2 Å². The van der Waals surface area contributed by atoms with E-state index in [9.17, 15) is 9.59 Å². The van der Waals surface area contributed by atoms with Crippen LogP contribution in [-0.4, -0.2) is 18.0 Å². The average Bonchev–Trinajstić information content (AvgIpc) is 2.47. The van der Waals surface area contributed by atoms with Crippen molar-refractivity contribution in [2.45, 2.75) is 6.42 Å². The van der Waals surface area contributed by atoms with E-state index in [0.717, 1.165) is 10.0 Å². The number of hydrogen-bond donors (Lipinski definition) is 2. The van der Waals surface area contributed by atoms with Gasteiger partial charge < -0.3 is 5.32 Å². The first-order chi connectivity index (χ1) is 11.0. The molecule has 118 valence electrons. The summed E-state index contributed by atoms with van der Waals surface area (Å²) in [5.74, 6) is -0.946. The molecule has 7 heteroatoms. The molecule has 0 aliphatic heterocycles. The lowest BCUT2D eigenvalue weighted by molar-refractivity contribution is -0.126. The van der Waals surface area contributed by atoms with Crippen molar-refractivity contribution in [1.29, 1.82) is 0 Å². The highest BCUT2D eigenvalue weighted by Gasteiger charge is 2.09. The summed E-state index contributed by atoms with van der Waals surface area (Å²) in [4.78, 5) is 23.4. The molecule has 23 heavy (non-hydrogen) atoms. The van der Waals surface area contributed by atoms with Crippen LogP contribution in [0.1, 0.15) is 12.0 Å². The molecule has 0 saturated heterocycles. The molecule has 0 aromatic heterocycles. The molecule has 2 aromatic rings. The lowest BCUT2D eigenvalue weighted by Gasteiger charge is -2.04. The largest absolute Gasteiger partial charge is 0.326 e. The summed E-state index contributed by atoms with van der Waals surface area (Å²) in [7, 11) is 0. The molecule has 0 bridgehead atoms. The number of benzene rings is 2. The molecule has 0 unspecified atom stereocenters. The number of anilines is 1. The lowest BCUT2D eigenvalue weighted by Crippen LogP contribution is -2.24. The van der Waals surface area contributed by atoms with Crippen molar-refractivity contribution in [2.24, 2.45) is 5.10 Å². The van der Waals surface area contributed by atoms with E-state index in [1.165, 1.54) is 6.21 Å². The van der Waals surface area contributed by atoms with Gasteiger partial charge in [0.15, 0.2) is 0 Å². The maximum Gasteiger partial charge on any atom is 0.249 e. The molecular formula is C16H13BrClN3O2.